The molecule has 4 rings (SSSR count). The van der Waals surface area contributed by atoms with Crippen LogP contribution in [-0.4, -0.2) is 45.4 Å². The van der Waals surface area contributed by atoms with Crippen LogP contribution in [0, 0.1) is 6.92 Å². The van der Waals surface area contributed by atoms with E-state index in [0.717, 1.165) is 40.9 Å². The Kier molecular flexibility index (Phi) is 6.93. The largest absolute Gasteiger partial charge is 0.459 e. The van der Waals surface area contributed by atoms with Gasteiger partial charge in [0.2, 0.25) is 0 Å². The average Bonchev–Trinajstić information content (AvgIpc) is 3.44. The van der Waals surface area contributed by atoms with Crippen LogP contribution in [0.3, 0.4) is 0 Å². The molecule has 3 aromatic rings. The summed E-state index contributed by atoms with van der Waals surface area (Å²) in [4.78, 5) is 34.5. The van der Waals surface area contributed by atoms with Gasteiger partial charge in [0.1, 0.15) is 23.4 Å². The number of fused-ring (bicyclic) bond motifs is 1. The Bertz CT molecular complexity index is 1390. The SMILES string of the molecule is CC(=O)c1nn(CC(=O)OC(C)(C)C)c2c(C)cc(-c3cnc(C4(O[Si](C)(C)C(C)(C)C)CC4)nc3)cc12. The van der Waals surface area contributed by atoms with Crippen molar-refractivity contribution in [1.29, 1.82) is 0 Å². The van der Waals surface area contributed by atoms with Crippen LogP contribution >= 0.6 is 0 Å². The molecule has 0 unspecified atom stereocenters. The molecule has 1 aliphatic carbocycles. The monoisotopic (exact) mass is 536 g/mol. The predicted octanol–water partition coefficient (Wildman–Crippen LogP) is 6.36. The van der Waals surface area contributed by atoms with E-state index in [1.165, 1.54) is 6.92 Å². The molecule has 2 aromatic heterocycles. The van der Waals surface area contributed by atoms with Gasteiger partial charge in [0.15, 0.2) is 19.9 Å². The van der Waals surface area contributed by atoms with E-state index in [1.807, 2.05) is 52.2 Å². The van der Waals surface area contributed by atoms with Crippen LogP contribution in [0.4, 0.5) is 0 Å². The fraction of sp³-hybridized carbons (Fsp3) is 0.552. The molecule has 1 aromatic carbocycles. The molecule has 0 spiro atoms. The van der Waals surface area contributed by atoms with Crippen LogP contribution < -0.4 is 0 Å². The van der Waals surface area contributed by atoms with E-state index in [-0.39, 0.29) is 23.0 Å². The van der Waals surface area contributed by atoms with E-state index >= 15 is 0 Å². The highest BCUT2D eigenvalue weighted by atomic mass is 28.4. The number of rotatable bonds is 7. The first kappa shape index (κ1) is 28.1. The number of ether oxygens (including phenoxy) is 1. The summed E-state index contributed by atoms with van der Waals surface area (Å²) in [6, 6.07) is 3.94. The summed E-state index contributed by atoms with van der Waals surface area (Å²) in [7, 11) is -1.97. The Morgan fingerprint density at radius 1 is 1.03 bits per heavy atom. The standard InChI is InChI=1S/C29H40N4O4Si/c1-18-13-20(14-22-24(19(2)34)32-33(25(18)22)17-23(35)36-27(3,4)5)21-15-30-26(31-16-21)29(11-12-29)37-38(9,10)28(6,7)8/h13-16H,11-12,17H2,1-10H3. The second kappa shape index (κ2) is 9.38. The molecule has 0 bridgehead atoms. The van der Waals surface area contributed by atoms with E-state index in [4.69, 9.17) is 19.1 Å². The summed E-state index contributed by atoms with van der Waals surface area (Å²) in [5.41, 5.74) is 2.70. The molecule has 204 valence electrons. The van der Waals surface area contributed by atoms with Crippen LogP contribution in [0.5, 0.6) is 0 Å². The first-order valence-electron chi connectivity index (χ1n) is 13.2. The lowest BCUT2D eigenvalue weighted by atomic mass is 10.0. The number of Topliss-reactive ketones (excluding diaryl/α,β-unsaturated/α-hetero) is 1. The molecule has 1 fully saturated rings. The summed E-state index contributed by atoms with van der Waals surface area (Å²) in [5, 5.41) is 5.29. The lowest BCUT2D eigenvalue weighted by Gasteiger charge is -2.39. The number of esters is 1. The molecule has 8 nitrogen and oxygen atoms in total. The van der Waals surface area contributed by atoms with Crippen LogP contribution in [0.1, 0.15) is 83.2 Å². The molecule has 2 heterocycles. The predicted molar refractivity (Wildman–Crippen MR) is 151 cm³/mol. The highest BCUT2D eigenvalue weighted by Crippen LogP contribution is 2.53. The molecule has 1 aliphatic rings. The maximum absolute atomic E-state index is 12.5. The van der Waals surface area contributed by atoms with Crippen molar-refractivity contribution in [3.05, 3.63) is 41.6 Å². The first-order valence-corrected chi connectivity index (χ1v) is 16.1. The Balaban J connectivity index is 1.67. The van der Waals surface area contributed by atoms with Crippen molar-refractivity contribution in [3.8, 4) is 11.1 Å². The average molecular weight is 537 g/mol. The van der Waals surface area contributed by atoms with E-state index in [9.17, 15) is 9.59 Å². The lowest BCUT2D eigenvalue weighted by molar-refractivity contribution is -0.155. The van der Waals surface area contributed by atoms with Crippen LogP contribution in [0.15, 0.2) is 24.5 Å². The molecule has 1 saturated carbocycles. The zero-order valence-electron chi connectivity index (χ0n) is 24.4. The zero-order valence-corrected chi connectivity index (χ0v) is 25.4. The maximum Gasteiger partial charge on any atom is 0.328 e. The number of aromatic nitrogens is 4. The minimum absolute atomic E-state index is 0.0741. The fourth-order valence-corrected chi connectivity index (χ4v) is 5.98. The van der Waals surface area contributed by atoms with Crippen molar-refractivity contribution < 1.29 is 18.8 Å². The number of benzene rings is 1. The third-order valence-corrected chi connectivity index (χ3v) is 11.9. The van der Waals surface area contributed by atoms with Crippen molar-refractivity contribution >= 4 is 31.0 Å². The minimum atomic E-state index is -1.97. The Morgan fingerprint density at radius 3 is 2.13 bits per heavy atom. The quantitative estimate of drug-likeness (QED) is 0.197. The lowest BCUT2D eigenvalue weighted by Crippen LogP contribution is -2.44. The molecule has 0 aliphatic heterocycles. The number of carbonyl (C=O) groups excluding carboxylic acids is 2. The fourth-order valence-electron chi connectivity index (χ4n) is 4.40. The number of hydrogen-bond acceptors (Lipinski definition) is 7. The van der Waals surface area contributed by atoms with E-state index in [0.29, 0.717) is 11.1 Å². The first-order chi connectivity index (χ1) is 17.4. The zero-order chi connectivity index (χ0) is 28.3. The van der Waals surface area contributed by atoms with Crippen LogP contribution in [0.25, 0.3) is 22.0 Å². The number of carbonyl (C=O) groups is 2. The van der Waals surface area contributed by atoms with Crippen LogP contribution in [0.2, 0.25) is 18.1 Å². The van der Waals surface area contributed by atoms with Crippen molar-refractivity contribution in [3.63, 3.8) is 0 Å². The molecule has 0 saturated heterocycles. The van der Waals surface area contributed by atoms with E-state index in [2.05, 4.69) is 39.0 Å². The molecular weight excluding hydrogens is 496 g/mol. The van der Waals surface area contributed by atoms with Crippen molar-refractivity contribution in [2.75, 3.05) is 0 Å². The molecule has 0 radical (unpaired) electrons. The third-order valence-electron chi connectivity index (χ3n) is 7.42. The van der Waals surface area contributed by atoms with Gasteiger partial charge in [-0.2, -0.15) is 5.10 Å². The summed E-state index contributed by atoms with van der Waals surface area (Å²) in [6.45, 7) is 20.1. The molecule has 0 N–H and O–H groups in total. The van der Waals surface area contributed by atoms with Gasteiger partial charge < -0.3 is 9.16 Å². The number of hydrogen-bond donors (Lipinski definition) is 0. The Hall–Kier alpha value is -2.91. The van der Waals surface area contributed by atoms with E-state index < -0.39 is 19.9 Å². The van der Waals surface area contributed by atoms with Gasteiger partial charge in [-0.15, -0.1) is 0 Å². The smallest absolute Gasteiger partial charge is 0.328 e. The highest BCUT2D eigenvalue weighted by molar-refractivity contribution is 6.74. The second-order valence-electron chi connectivity index (χ2n) is 13.0. The van der Waals surface area contributed by atoms with Gasteiger partial charge in [-0.3, -0.25) is 14.3 Å². The molecule has 0 atom stereocenters. The summed E-state index contributed by atoms with van der Waals surface area (Å²) in [5.74, 6) is 0.163. The summed E-state index contributed by atoms with van der Waals surface area (Å²) in [6.07, 6.45) is 5.53. The van der Waals surface area contributed by atoms with Crippen molar-refractivity contribution in [2.45, 2.75) is 104 Å². The molecular formula is C29H40N4O4Si. The molecule has 38 heavy (non-hydrogen) atoms. The van der Waals surface area contributed by atoms with E-state index in [1.54, 1.807) is 4.68 Å². The Morgan fingerprint density at radius 2 is 1.63 bits per heavy atom. The highest BCUT2D eigenvalue weighted by Gasteiger charge is 2.54. The number of ketones is 1. The number of aryl methyl sites for hydroxylation is 1. The minimum Gasteiger partial charge on any atom is -0.459 e. The number of nitrogens with zero attached hydrogens (tertiary/aromatic N) is 4. The Labute approximate surface area is 226 Å². The summed E-state index contributed by atoms with van der Waals surface area (Å²) < 4.78 is 13.8. The molecule has 0 amide bonds. The van der Waals surface area contributed by atoms with Gasteiger partial charge in [0, 0.05) is 30.3 Å². The molecule has 9 heteroatoms. The summed E-state index contributed by atoms with van der Waals surface area (Å²) >= 11 is 0. The van der Waals surface area contributed by atoms with Gasteiger partial charge in [-0.05, 0) is 81.9 Å². The maximum atomic E-state index is 12.5. The van der Waals surface area contributed by atoms with Gasteiger partial charge in [-0.1, -0.05) is 20.8 Å². The second-order valence-corrected chi connectivity index (χ2v) is 17.7. The van der Waals surface area contributed by atoms with Crippen LogP contribution in [-0.2, 0) is 26.1 Å². The van der Waals surface area contributed by atoms with Gasteiger partial charge >= 0.3 is 5.97 Å². The van der Waals surface area contributed by atoms with Gasteiger partial charge in [0.25, 0.3) is 0 Å². The third kappa shape index (κ3) is 5.59. The topological polar surface area (TPSA) is 96.2 Å². The van der Waals surface area contributed by atoms with Gasteiger partial charge in [-0.25, -0.2) is 9.97 Å². The van der Waals surface area contributed by atoms with Crippen molar-refractivity contribution in [1.82, 2.24) is 19.7 Å². The van der Waals surface area contributed by atoms with Gasteiger partial charge in [0.05, 0.1) is 5.52 Å². The normalized spacial score (nSPS) is 15.5. The van der Waals surface area contributed by atoms with Crippen molar-refractivity contribution in [2.24, 2.45) is 0 Å².